The summed E-state index contributed by atoms with van der Waals surface area (Å²) in [6.45, 7) is 5.03. The fraction of sp³-hybridized carbons (Fsp3) is 0.312. The smallest absolute Gasteiger partial charge is 0.329 e. The number of aliphatic carboxylic acids is 1. The summed E-state index contributed by atoms with van der Waals surface area (Å²) in [7, 11) is 0. The van der Waals surface area contributed by atoms with Gasteiger partial charge in [0.15, 0.2) is 5.69 Å². The summed E-state index contributed by atoms with van der Waals surface area (Å²) in [5.74, 6) is -1.56. The van der Waals surface area contributed by atoms with Gasteiger partial charge in [0.25, 0.3) is 5.91 Å². The summed E-state index contributed by atoms with van der Waals surface area (Å²) in [6, 6.07) is 11.1. The molecule has 2 aromatic rings. The molecule has 1 aromatic carbocycles. The van der Waals surface area contributed by atoms with Crippen molar-refractivity contribution in [1.82, 2.24) is 15.1 Å². The van der Waals surface area contributed by atoms with Gasteiger partial charge in [-0.05, 0) is 38.5 Å². The lowest BCUT2D eigenvalue weighted by Crippen LogP contribution is -2.51. The third-order valence-electron chi connectivity index (χ3n) is 3.69. The number of benzene rings is 1. The Morgan fingerprint density at radius 1 is 1.32 bits per heavy atom. The van der Waals surface area contributed by atoms with Gasteiger partial charge < -0.3 is 10.4 Å². The van der Waals surface area contributed by atoms with Crippen LogP contribution < -0.4 is 5.32 Å². The van der Waals surface area contributed by atoms with E-state index in [1.165, 1.54) is 6.92 Å². The SMILES string of the molecule is CCC(C)(NC(=O)c1cc(C)n(-c2ccccc2)n1)C(=O)O. The maximum absolute atomic E-state index is 12.3. The maximum Gasteiger partial charge on any atom is 0.329 e. The van der Waals surface area contributed by atoms with E-state index in [2.05, 4.69) is 10.4 Å². The molecule has 116 valence electrons. The number of amides is 1. The highest BCUT2D eigenvalue weighted by Crippen LogP contribution is 2.14. The number of nitrogens with zero attached hydrogens (tertiary/aromatic N) is 2. The molecule has 1 unspecified atom stereocenters. The molecule has 0 saturated heterocycles. The average molecular weight is 301 g/mol. The van der Waals surface area contributed by atoms with Gasteiger partial charge in [0.2, 0.25) is 0 Å². The third-order valence-corrected chi connectivity index (χ3v) is 3.69. The first kappa shape index (κ1) is 15.8. The zero-order valence-electron chi connectivity index (χ0n) is 12.8. The van der Waals surface area contributed by atoms with E-state index in [0.29, 0.717) is 0 Å². The topological polar surface area (TPSA) is 84.2 Å². The molecule has 22 heavy (non-hydrogen) atoms. The minimum atomic E-state index is -1.30. The summed E-state index contributed by atoms with van der Waals surface area (Å²) < 4.78 is 1.65. The number of aryl methyl sites for hydroxylation is 1. The minimum absolute atomic E-state index is 0.197. The Kier molecular flexibility index (Phi) is 4.30. The molecule has 0 aliphatic heterocycles. The molecule has 6 nitrogen and oxygen atoms in total. The van der Waals surface area contributed by atoms with Crippen LogP contribution in [0.15, 0.2) is 36.4 Å². The lowest BCUT2D eigenvalue weighted by molar-refractivity contribution is -0.143. The zero-order chi connectivity index (χ0) is 16.3. The van der Waals surface area contributed by atoms with Gasteiger partial charge in [0.05, 0.1) is 5.69 Å². The Balaban J connectivity index is 2.28. The van der Waals surface area contributed by atoms with Crippen molar-refractivity contribution in [3.8, 4) is 5.69 Å². The van der Waals surface area contributed by atoms with Crippen LogP contribution in [0.25, 0.3) is 5.69 Å². The highest BCUT2D eigenvalue weighted by Gasteiger charge is 2.33. The van der Waals surface area contributed by atoms with E-state index in [-0.39, 0.29) is 12.1 Å². The predicted octanol–water partition coefficient (Wildman–Crippen LogP) is 2.16. The first-order chi connectivity index (χ1) is 10.4. The van der Waals surface area contributed by atoms with Crippen molar-refractivity contribution in [1.29, 1.82) is 0 Å². The molecule has 0 bridgehead atoms. The molecular weight excluding hydrogens is 282 g/mol. The molecule has 1 atom stereocenters. The molecule has 0 spiro atoms. The molecule has 1 amide bonds. The number of carbonyl (C=O) groups excluding carboxylic acids is 1. The first-order valence-corrected chi connectivity index (χ1v) is 7.05. The predicted molar refractivity (Wildman–Crippen MR) is 82.1 cm³/mol. The zero-order valence-corrected chi connectivity index (χ0v) is 12.8. The highest BCUT2D eigenvalue weighted by atomic mass is 16.4. The Labute approximate surface area is 128 Å². The monoisotopic (exact) mass is 301 g/mol. The van der Waals surface area contributed by atoms with Gasteiger partial charge in [-0.15, -0.1) is 0 Å². The molecule has 6 heteroatoms. The lowest BCUT2D eigenvalue weighted by Gasteiger charge is -2.23. The minimum Gasteiger partial charge on any atom is -0.480 e. The Morgan fingerprint density at radius 2 is 1.95 bits per heavy atom. The lowest BCUT2D eigenvalue weighted by atomic mass is 9.99. The number of carboxylic acids is 1. The quantitative estimate of drug-likeness (QED) is 0.886. The number of carbonyl (C=O) groups is 2. The van der Waals surface area contributed by atoms with Crippen molar-refractivity contribution in [2.75, 3.05) is 0 Å². The van der Waals surface area contributed by atoms with E-state index in [4.69, 9.17) is 0 Å². The van der Waals surface area contributed by atoms with Crippen LogP contribution >= 0.6 is 0 Å². The second-order valence-electron chi connectivity index (χ2n) is 5.36. The fourth-order valence-electron chi connectivity index (χ4n) is 2.02. The summed E-state index contributed by atoms with van der Waals surface area (Å²) in [6.07, 6.45) is 0.284. The van der Waals surface area contributed by atoms with Crippen molar-refractivity contribution in [3.63, 3.8) is 0 Å². The fourth-order valence-corrected chi connectivity index (χ4v) is 2.02. The summed E-state index contributed by atoms with van der Waals surface area (Å²) in [4.78, 5) is 23.5. The Bertz CT molecular complexity index is 694. The van der Waals surface area contributed by atoms with Gasteiger partial charge >= 0.3 is 5.97 Å². The van der Waals surface area contributed by atoms with E-state index in [1.54, 1.807) is 17.7 Å². The number of carboxylic acid groups (broad SMARTS) is 1. The Morgan fingerprint density at radius 3 is 2.50 bits per heavy atom. The molecule has 1 aromatic heterocycles. The van der Waals surface area contributed by atoms with Crippen molar-refractivity contribution >= 4 is 11.9 Å². The van der Waals surface area contributed by atoms with Gasteiger partial charge in [-0.1, -0.05) is 25.1 Å². The summed E-state index contributed by atoms with van der Waals surface area (Å²) >= 11 is 0. The van der Waals surface area contributed by atoms with Crippen LogP contribution in [0.3, 0.4) is 0 Å². The third kappa shape index (κ3) is 3.00. The highest BCUT2D eigenvalue weighted by molar-refractivity contribution is 5.96. The largest absolute Gasteiger partial charge is 0.480 e. The summed E-state index contributed by atoms with van der Waals surface area (Å²) in [5.41, 5.74) is 0.532. The van der Waals surface area contributed by atoms with Crippen LogP contribution in [-0.2, 0) is 4.79 Å². The normalized spacial score (nSPS) is 13.4. The van der Waals surface area contributed by atoms with E-state index in [0.717, 1.165) is 11.4 Å². The van der Waals surface area contributed by atoms with Gasteiger partial charge in [-0.25, -0.2) is 9.48 Å². The van der Waals surface area contributed by atoms with Gasteiger partial charge in [-0.3, -0.25) is 4.79 Å². The molecule has 0 aliphatic carbocycles. The maximum atomic E-state index is 12.3. The van der Waals surface area contributed by atoms with E-state index in [9.17, 15) is 14.7 Å². The second-order valence-corrected chi connectivity index (χ2v) is 5.36. The molecule has 0 fully saturated rings. The number of nitrogens with one attached hydrogen (secondary N) is 1. The van der Waals surface area contributed by atoms with Gasteiger partial charge in [0.1, 0.15) is 5.54 Å². The second kappa shape index (κ2) is 6.01. The molecular formula is C16H19N3O3. The van der Waals surface area contributed by atoms with Crippen molar-refractivity contribution in [2.24, 2.45) is 0 Å². The van der Waals surface area contributed by atoms with Crippen LogP contribution in [0.4, 0.5) is 0 Å². The van der Waals surface area contributed by atoms with Crippen molar-refractivity contribution in [2.45, 2.75) is 32.7 Å². The summed E-state index contributed by atoms with van der Waals surface area (Å²) in [5, 5.41) is 16.0. The van der Waals surface area contributed by atoms with Crippen LogP contribution in [-0.4, -0.2) is 32.3 Å². The number of hydrogen-bond acceptors (Lipinski definition) is 3. The van der Waals surface area contributed by atoms with E-state index in [1.807, 2.05) is 37.3 Å². The number of hydrogen-bond donors (Lipinski definition) is 2. The van der Waals surface area contributed by atoms with Crippen LogP contribution in [0.1, 0.15) is 36.5 Å². The molecule has 1 heterocycles. The van der Waals surface area contributed by atoms with Crippen molar-refractivity contribution in [3.05, 3.63) is 47.8 Å². The van der Waals surface area contributed by atoms with E-state index >= 15 is 0 Å². The first-order valence-electron chi connectivity index (χ1n) is 7.05. The standard InChI is InChI=1S/C16H19N3O3/c1-4-16(3,15(21)22)17-14(20)13-10-11(2)19(18-13)12-8-6-5-7-9-12/h5-10H,4H2,1-3H3,(H,17,20)(H,21,22). The molecule has 2 rings (SSSR count). The number of para-hydroxylation sites is 1. The molecule has 0 aliphatic rings. The number of rotatable bonds is 5. The van der Waals surface area contributed by atoms with Crippen LogP contribution in [0.5, 0.6) is 0 Å². The average Bonchev–Trinajstić information content (AvgIpc) is 2.90. The molecule has 2 N–H and O–H groups in total. The van der Waals surface area contributed by atoms with Gasteiger partial charge in [-0.2, -0.15) is 5.10 Å². The van der Waals surface area contributed by atoms with Crippen LogP contribution in [0, 0.1) is 6.92 Å². The molecule has 0 radical (unpaired) electrons. The van der Waals surface area contributed by atoms with Crippen LogP contribution in [0.2, 0.25) is 0 Å². The van der Waals surface area contributed by atoms with Gasteiger partial charge in [0, 0.05) is 5.69 Å². The van der Waals surface area contributed by atoms with Crippen molar-refractivity contribution < 1.29 is 14.7 Å². The molecule has 0 saturated carbocycles. The Hall–Kier alpha value is -2.63. The number of aromatic nitrogens is 2. The van der Waals surface area contributed by atoms with E-state index < -0.39 is 17.4 Å².